The van der Waals surface area contributed by atoms with Crippen molar-refractivity contribution in [3.05, 3.63) is 11.1 Å². The molecule has 3 heteroatoms. The first-order valence-corrected chi connectivity index (χ1v) is 7.43. The first-order chi connectivity index (χ1) is 8.80. The van der Waals surface area contributed by atoms with E-state index in [1.165, 1.54) is 56.5 Å². The predicted octanol–water partition coefficient (Wildman–Crippen LogP) is 2.37. The molecule has 0 N–H and O–H groups in total. The highest BCUT2D eigenvalue weighted by Crippen LogP contribution is 2.43. The molecule has 0 aromatic rings. The summed E-state index contributed by atoms with van der Waals surface area (Å²) in [4.78, 5) is 2.60. The molecular formula is C15H25NO2. The maximum atomic E-state index is 5.70. The average molecular weight is 251 g/mol. The molecule has 18 heavy (non-hydrogen) atoms. The van der Waals surface area contributed by atoms with Crippen LogP contribution >= 0.6 is 0 Å². The van der Waals surface area contributed by atoms with Crippen molar-refractivity contribution < 1.29 is 9.47 Å². The van der Waals surface area contributed by atoms with Gasteiger partial charge in [-0.2, -0.15) is 0 Å². The van der Waals surface area contributed by atoms with Gasteiger partial charge in [0.05, 0.1) is 19.8 Å². The van der Waals surface area contributed by atoms with E-state index in [-0.39, 0.29) is 5.60 Å². The number of ether oxygens (including phenoxy) is 2. The molecule has 0 aliphatic carbocycles. The predicted molar refractivity (Wildman–Crippen MR) is 71.7 cm³/mol. The lowest BCUT2D eigenvalue weighted by Crippen LogP contribution is -2.28. The monoisotopic (exact) mass is 251 g/mol. The molecule has 3 nitrogen and oxygen atoms in total. The summed E-state index contributed by atoms with van der Waals surface area (Å²) in [6.45, 7) is 8.75. The summed E-state index contributed by atoms with van der Waals surface area (Å²) in [7, 11) is 0. The fraction of sp³-hybridized carbons (Fsp3) is 0.867. The number of nitrogens with zero attached hydrogens (tertiary/aromatic N) is 1. The van der Waals surface area contributed by atoms with E-state index in [0.29, 0.717) is 0 Å². The Labute approximate surface area is 110 Å². The minimum Gasteiger partial charge on any atom is -0.377 e. The normalized spacial score (nSPS) is 35.2. The lowest BCUT2D eigenvalue weighted by molar-refractivity contribution is 0.0905. The Bertz CT molecular complexity index is 327. The lowest BCUT2D eigenvalue weighted by atomic mass is 9.89. The Morgan fingerprint density at radius 2 is 2.11 bits per heavy atom. The SMILES string of the molecule is CC(CCCN1CCCC1)=C1COCC[C@]12CO2. The van der Waals surface area contributed by atoms with Crippen LogP contribution in [0, 0.1) is 0 Å². The summed E-state index contributed by atoms with van der Waals surface area (Å²) < 4.78 is 11.3. The van der Waals surface area contributed by atoms with Crippen LogP contribution in [0.3, 0.4) is 0 Å². The largest absolute Gasteiger partial charge is 0.377 e. The number of hydrogen-bond donors (Lipinski definition) is 0. The van der Waals surface area contributed by atoms with E-state index in [1.54, 1.807) is 0 Å². The van der Waals surface area contributed by atoms with Crippen molar-refractivity contribution in [3.8, 4) is 0 Å². The minimum atomic E-state index is 0.107. The van der Waals surface area contributed by atoms with Gasteiger partial charge in [0.2, 0.25) is 0 Å². The second-order valence-electron chi connectivity index (χ2n) is 6.00. The van der Waals surface area contributed by atoms with Crippen molar-refractivity contribution in [1.82, 2.24) is 4.90 Å². The molecule has 3 heterocycles. The molecule has 1 spiro atoms. The highest BCUT2D eigenvalue weighted by atomic mass is 16.6. The summed E-state index contributed by atoms with van der Waals surface area (Å²) >= 11 is 0. The van der Waals surface area contributed by atoms with E-state index >= 15 is 0 Å². The van der Waals surface area contributed by atoms with E-state index < -0.39 is 0 Å². The third kappa shape index (κ3) is 2.63. The van der Waals surface area contributed by atoms with Gasteiger partial charge in [0.25, 0.3) is 0 Å². The zero-order chi connectivity index (χ0) is 12.4. The van der Waals surface area contributed by atoms with Gasteiger partial charge < -0.3 is 14.4 Å². The van der Waals surface area contributed by atoms with Gasteiger partial charge in [0, 0.05) is 6.42 Å². The highest BCUT2D eigenvalue weighted by Gasteiger charge is 2.50. The van der Waals surface area contributed by atoms with Crippen LogP contribution in [0.4, 0.5) is 0 Å². The van der Waals surface area contributed by atoms with E-state index in [0.717, 1.165) is 26.2 Å². The Balaban J connectivity index is 1.51. The van der Waals surface area contributed by atoms with Gasteiger partial charge in [0.15, 0.2) is 0 Å². The summed E-state index contributed by atoms with van der Waals surface area (Å²) in [5.74, 6) is 0. The van der Waals surface area contributed by atoms with Gasteiger partial charge in [-0.3, -0.25) is 0 Å². The smallest absolute Gasteiger partial charge is 0.117 e. The van der Waals surface area contributed by atoms with Crippen LogP contribution < -0.4 is 0 Å². The first-order valence-electron chi connectivity index (χ1n) is 7.43. The molecule has 0 radical (unpaired) electrons. The number of hydrogen-bond acceptors (Lipinski definition) is 3. The van der Waals surface area contributed by atoms with E-state index in [4.69, 9.17) is 9.47 Å². The van der Waals surface area contributed by atoms with Gasteiger partial charge in [-0.1, -0.05) is 5.57 Å². The second kappa shape index (κ2) is 5.32. The average Bonchev–Trinajstić information content (AvgIpc) is 2.93. The van der Waals surface area contributed by atoms with E-state index in [9.17, 15) is 0 Å². The molecule has 0 aromatic heterocycles. The van der Waals surface area contributed by atoms with Crippen molar-refractivity contribution in [3.63, 3.8) is 0 Å². The van der Waals surface area contributed by atoms with Crippen molar-refractivity contribution in [2.75, 3.05) is 39.5 Å². The summed E-state index contributed by atoms with van der Waals surface area (Å²) in [5, 5.41) is 0. The summed E-state index contributed by atoms with van der Waals surface area (Å²) in [6, 6.07) is 0. The zero-order valence-electron chi connectivity index (χ0n) is 11.5. The van der Waals surface area contributed by atoms with Crippen molar-refractivity contribution in [2.45, 2.75) is 44.6 Å². The maximum absolute atomic E-state index is 5.70. The quantitative estimate of drug-likeness (QED) is 0.566. The zero-order valence-corrected chi connectivity index (χ0v) is 11.5. The third-order valence-corrected chi connectivity index (χ3v) is 4.68. The van der Waals surface area contributed by atoms with Crippen LogP contribution in [0.5, 0.6) is 0 Å². The van der Waals surface area contributed by atoms with Crippen molar-refractivity contribution >= 4 is 0 Å². The van der Waals surface area contributed by atoms with Crippen LogP contribution in [0.25, 0.3) is 0 Å². The second-order valence-corrected chi connectivity index (χ2v) is 6.00. The molecule has 3 rings (SSSR count). The lowest BCUT2D eigenvalue weighted by Gasteiger charge is -2.25. The summed E-state index contributed by atoms with van der Waals surface area (Å²) in [5.41, 5.74) is 3.08. The molecule has 3 aliphatic heterocycles. The first kappa shape index (κ1) is 12.6. The van der Waals surface area contributed by atoms with Gasteiger partial charge in [-0.25, -0.2) is 0 Å². The Hall–Kier alpha value is -0.380. The fourth-order valence-corrected chi connectivity index (χ4v) is 3.34. The van der Waals surface area contributed by atoms with Gasteiger partial charge in [-0.15, -0.1) is 0 Å². The number of allylic oxidation sites excluding steroid dienone is 1. The molecule has 0 bridgehead atoms. The molecule has 0 unspecified atom stereocenters. The van der Waals surface area contributed by atoms with E-state index in [2.05, 4.69) is 11.8 Å². The van der Waals surface area contributed by atoms with E-state index in [1.807, 2.05) is 0 Å². The molecule has 3 aliphatic rings. The van der Waals surface area contributed by atoms with Crippen molar-refractivity contribution in [2.24, 2.45) is 0 Å². The molecular weight excluding hydrogens is 226 g/mol. The topological polar surface area (TPSA) is 25.0 Å². The molecule has 0 aromatic carbocycles. The fourth-order valence-electron chi connectivity index (χ4n) is 3.34. The maximum Gasteiger partial charge on any atom is 0.117 e. The minimum absolute atomic E-state index is 0.107. The van der Waals surface area contributed by atoms with Crippen LogP contribution in [0.2, 0.25) is 0 Å². The Morgan fingerprint density at radius 3 is 2.83 bits per heavy atom. The van der Waals surface area contributed by atoms with Crippen molar-refractivity contribution in [1.29, 1.82) is 0 Å². The number of epoxide rings is 1. The van der Waals surface area contributed by atoms with Gasteiger partial charge in [-0.05, 0) is 57.8 Å². The molecule has 0 saturated carbocycles. The molecule has 102 valence electrons. The van der Waals surface area contributed by atoms with Crippen LogP contribution in [-0.2, 0) is 9.47 Å². The third-order valence-electron chi connectivity index (χ3n) is 4.68. The Morgan fingerprint density at radius 1 is 1.33 bits per heavy atom. The standard InChI is InChI=1S/C15H25NO2/c1-13(5-4-9-16-7-2-3-8-16)14-11-17-10-6-15(14)12-18-15/h2-12H2,1H3/t15-/m0/s1. The molecule has 0 amide bonds. The van der Waals surface area contributed by atoms with Gasteiger partial charge in [0.1, 0.15) is 5.60 Å². The number of likely N-dealkylation sites (tertiary alicyclic amines) is 1. The highest BCUT2D eigenvalue weighted by molar-refractivity contribution is 5.30. The number of rotatable bonds is 4. The van der Waals surface area contributed by atoms with Crippen LogP contribution in [-0.4, -0.2) is 50.0 Å². The molecule has 3 saturated heterocycles. The Kier molecular flexibility index (Phi) is 3.73. The summed E-state index contributed by atoms with van der Waals surface area (Å²) in [6.07, 6.45) is 6.34. The molecule has 3 fully saturated rings. The molecule has 1 atom stereocenters. The van der Waals surface area contributed by atoms with Gasteiger partial charge >= 0.3 is 0 Å². The van der Waals surface area contributed by atoms with Crippen LogP contribution in [0.1, 0.15) is 39.0 Å². The van der Waals surface area contributed by atoms with Crippen LogP contribution in [0.15, 0.2) is 11.1 Å².